The van der Waals surface area contributed by atoms with Gasteiger partial charge in [0, 0.05) is 19.3 Å². The van der Waals surface area contributed by atoms with Crippen molar-refractivity contribution in [3.8, 4) is 0 Å². The van der Waals surface area contributed by atoms with Gasteiger partial charge in [-0.25, -0.2) is 14.4 Å². The number of hydrogen-bond donors (Lipinski definition) is 1. The summed E-state index contributed by atoms with van der Waals surface area (Å²) in [4.78, 5) is 7.90. The fourth-order valence-corrected chi connectivity index (χ4v) is 1.52. The van der Waals surface area contributed by atoms with E-state index in [1.54, 1.807) is 18.3 Å². The minimum absolute atomic E-state index is 0.143. The van der Waals surface area contributed by atoms with Crippen LogP contribution in [0.15, 0.2) is 36.8 Å². The predicted molar refractivity (Wildman–Crippen MR) is 64.0 cm³/mol. The molecule has 1 N–H and O–H groups in total. The average Bonchev–Trinajstić information content (AvgIpc) is 2.35. The Bertz CT molecular complexity index is 490. The number of hydrogen-bond acceptors (Lipinski definition) is 3. The Morgan fingerprint density at radius 3 is 2.82 bits per heavy atom. The lowest BCUT2D eigenvalue weighted by atomic mass is 10.2. The van der Waals surface area contributed by atoms with Crippen molar-refractivity contribution in [1.82, 2.24) is 15.3 Å². The van der Waals surface area contributed by atoms with Gasteiger partial charge in [0.25, 0.3) is 0 Å². The maximum Gasteiger partial charge on any atom is 0.142 e. The second-order valence-corrected chi connectivity index (χ2v) is 3.96. The molecule has 5 heteroatoms. The molecule has 0 bridgehead atoms. The second-order valence-electron chi connectivity index (χ2n) is 3.55. The van der Waals surface area contributed by atoms with Crippen LogP contribution in [0.2, 0.25) is 5.02 Å². The summed E-state index contributed by atoms with van der Waals surface area (Å²) in [6.45, 7) is 1.19. The van der Waals surface area contributed by atoms with Crippen LogP contribution in [0.3, 0.4) is 0 Å². The largest absolute Gasteiger partial charge is 0.307 e. The molecule has 0 saturated heterocycles. The van der Waals surface area contributed by atoms with Crippen molar-refractivity contribution in [2.75, 3.05) is 0 Å². The average molecular weight is 252 g/mol. The number of rotatable bonds is 4. The van der Waals surface area contributed by atoms with Crippen LogP contribution in [-0.2, 0) is 13.1 Å². The third-order valence-corrected chi connectivity index (χ3v) is 2.57. The summed E-state index contributed by atoms with van der Waals surface area (Å²) >= 11 is 5.60. The van der Waals surface area contributed by atoms with Crippen LogP contribution in [0.4, 0.5) is 4.39 Å². The fraction of sp³-hybridized carbons (Fsp3) is 0.167. The molecule has 0 aliphatic heterocycles. The first-order valence-corrected chi connectivity index (χ1v) is 5.53. The Kier molecular flexibility index (Phi) is 4.01. The van der Waals surface area contributed by atoms with Crippen LogP contribution >= 0.6 is 11.6 Å². The molecule has 0 radical (unpaired) electrons. The lowest BCUT2D eigenvalue weighted by Crippen LogP contribution is -2.13. The Balaban J connectivity index is 1.88. The number of nitrogens with zero attached hydrogens (tertiary/aromatic N) is 2. The van der Waals surface area contributed by atoms with Crippen molar-refractivity contribution in [2.24, 2.45) is 0 Å². The molecule has 0 aliphatic carbocycles. The molecule has 0 fully saturated rings. The molecule has 17 heavy (non-hydrogen) atoms. The summed E-state index contributed by atoms with van der Waals surface area (Å²) in [6, 6.07) is 6.60. The van der Waals surface area contributed by atoms with Crippen molar-refractivity contribution in [3.63, 3.8) is 0 Å². The van der Waals surface area contributed by atoms with Crippen LogP contribution in [-0.4, -0.2) is 9.97 Å². The molecule has 0 aliphatic rings. The maximum atomic E-state index is 13.1. The fourth-order valence-electron chi connectivity index (χ4n) is 1.41. The molecular formula is C12H11ClFN3. The van der Waals surface area contributed by atoms with Gasteiger partial charge in [-0.2, -0.15) is 0 Å². The summed E-state index contributed by atoms with van der Waals surface area (Å²) in [6.07, 6.45) is 3.19. The molecule has 1 aromatic carbocycles. The SMILES string of the molecule is Fc1cc(CNCc2ccncn2)ccc1Cl. The molecule has 0 unspecified atom stereocenters. The summed E-state index contributed by atoms with van der Waals surface area (Å²) in [5, 5.41) is 3.31. The van der Waals surface area contributed by atoms with Crippen LogP contribution in [0.25, 0.3) is 0 Å². The molecule has 0 atom stereocenters. The third-order valence-electron chi connectivity index (χ3n) is 2.26. The number of aromatic nitrogens is 2. The minimum atomic E-state index is -0.395. The zero-order valence-corrected chi connectivity index (χ0v) is 9.78. The highest BCUT2D eigenvalue weighted by Crippen LogP contribution is 2.15. The monoisotopic (exact) mass is 251 g/mol. The quantitative estimate of drug-likeness (QED) is 0.908. The van der Waals surface area contributed by atoms with Gasteiger partial charge in [-0.3, -0.25) is 0 Å². The summed E-state index contributed by atoms with van der Waals surface area (Å²) < 4.78 is 13.1. The molecule has 2 aromatic rings. The summed E-state index contributed by atoms with van der Waals surface area (Å²) in [5.74, 6) is -0.395. The van der Waals surface area contributed by atoms with Crippen molar-refractivity contribution < 1.29 is 4.39 Å². The normalized spacial score (nSPS) is 10.5. The minimum Gasteiger partial charge on any atom is -0.307 e. The maximum absolute atomic E-state index is 13.1. The van der Waals surface area contributed by atoms with Gasteiger partial charge < -0.3 is 5.32 Å². The molecule has 3 nitrogen and oxygen atoms in total. The molecule has 1 aromatic heterocycles. The van der Waals surface area contributed by atoms with Crippen LogP contribution in [0.5, 0.6) is 0 Å². The molecule has 2 rings (SSSR count). The highest BCUT2D eigenvalue weighted by molar-refractivity contribution is 6.30. The number of benzene rings is 1. The van der Waals surface area contributed by atoms with E-state index < -0.39 is 5.82 Å². The van der Waals surface area contributed by atoms with E-state index in [9.17, 15) is 4.39 Å². The molecule has 0 spiro atoms. The van der Waals surface area contributed by atoms with Crippen molar-refractivity contribution in [3.05, 3.63) is 58.9 Å². The first-order chi connectivity index (χ1) is 8.25. The van der Waals surface area contributed by atoms with E-state index in [0.29, 0.717) is 13.1 Å². The predicted octanol–water partition coefficient (Wildman–Crippen LogP) is 2.56. The van der Waals surface area contributed by atoms with Crippen LogP contribution < -0.4 is 5.32 Å². The molecule has 1 heterocycles. The Morgan fingerprint density at radius 2 is 2.12 bits per heavy atom. The van der Waals surface area contributed by atoms with E-state index in [0.717, 1.165) is 11.3 Å². The highest BCUT2D eigenvalue weighted by Gasteiger charge is 2.00. The Morgan fingerprint density at radius 1 is 1.24 bits per heavy atom. The standard InChI is InChI=1S/C12H11ClFN3/c13-11-2-1-9(5-12(11)14)6-16-7-10-3-4-15-8-17-10/h1-5,8,16H,6-7H2. The summed E-state index contributed by atoms with van der Waals surface area (Å²) in [5.41, 5.74) is 1.75. The van der Waals surface area contributed by atoms with Gasteiger partial charge in [0.15, 0.2) is 0 Å². The zero-order chi connectivity index (χ0) is 12.1. The van der Waals surface area contributed by atoms with E-state index in [1.807, 2.05) is 6.07 Å². The van der Waals surface area contributed by atoms with Gasteiger partial charge in [-0.05, 0) is 23.8 Å². The first-order valence-electron chi connectivity index (χ1n) is 5.15. The van der Waals surface area contributed by atoms with Crippen LogP contribution in [0.1, 0.15) is 11.3 Å². The summed E-state index contributed by atoms with van der Waals surface area (Å²) in [7, 11) is 0. The van der Waals surface area contributed by atoms with Gasteiger partial charge in [0.2, 0.25) is 0 Å². The van der Waals surface area contributed by atoms with E-state index in [1.165, 1.54) is 12.4 Å². The van der Waals surface area contributed by atoms with E-state index >= 15 is 0 Å². The topological polar surface area (TPSA) is 37.8 Å². The first kappa shape index (κ1) is 12.0. The van der Waals surface area contributed by atoms with Crippen molar-refractivity contribution in [2.45, 2.75) is 13.1 Å². The Labute approximate surface area is 104 Å². The van der Waals surface area contributed by atoms with E-state index in [-0.39, 0.29) is 5.02 Å². The highest BCUT2D eigenvalue weighted by atomic mass is 35.5. The zero-order valence-electron chi connectivity index (χ0n) is 9.03. The number of nitrogens with one attached hydrogen (secondary N) is 1. The van der Waals surface area contributed by atoms with Gasteiger partial charge >= 0.3 is 0 Å². The number of halogens is 2. The third kappa shape index (κ3) is 3.47. The second kappa shape index (κ2) is 5.70. The smallest absolute Gasteiger partial charge is 0.142 e. The van der Waals surface area contributed by atoms with E-state index in [4.69, 9.17) is 11.6 Å². The molecule has 88 valence electrons. The molecular weight excluding hydrogens is 241 g/mol. The van der Waals surface area contributed by atoms with E-state index in [2.05, 4.69) is 15.3 Å². The van der Waals surface area contributed by atoms with Gasteiger partial charge in [0.05, 0.1) is 10.7 Å². The van der Waals surface area contributed by atoms with Gasteiger partial charge in [-0.15, -0.1) is 0 Å². The van der Waals surface area contributed by atoms with Gasteiger partial charge in [0.1, 0.15) is 12.1 Å². The lowest BCUT2D eigenvalue weighted by molar-refractivity contribution is 0.619. The van der Waals surface area contributed by atoms with Crippen LogP contribution in [0, 0.1) is 5.82 Å². The van der Waals surface area contributed by atoms with Crippen molar-refractivity contribution in [1.29, 1.82) is 0 Å². The van der Waals surface area contributed by atoms with Crippen molar-refractivity contribution >= 4 is 11.6 Å². The molecule has 0 saturated carbocycles. The van der Waals surface area contributed by atoms with Gasteiger partial charge in [-0.1, -0.05) is 17.7 Å². The molecule has 0 amide bonds. The lowest BCUT2D eigenvalue weighted by Gasteiger charge is -2.05. The Hall–Kier alpha value is -1.52.